The molecule has 1 amide bonds. The van der Waals surface area contributed by atoms with Crippen molar-refractivity contribution in [2.45, 2.75) is 64.8 Å². The zero-order valence-electron chi connectivity index (χ0n) is 27.4. The summed E-state index contributed by atoms with van der Waals surface area (Å²) < 4.78 is 7.30. The third kappa shape index (κ3) is 10.1. The summed E-state index contributed by atoms with van der Waals surface area (Å²) in [4.78, 5) is 42.8. The first kappa shape index (κ1) is 36.6. The second-order valence-electron chi connectivity index (χ2n) is 11.7. The number of methoxy groups -OCH3 is 1. The molecule has 0 saturated carbocycles. The molecule has 0 spiro atoms. The number of nitrogens with zero attached hydrogens (tertiary/aromatic N) is 6. The van der Waals surface area contributed by atoms with E-state index in [2.05, 4.69) is 29.9 Å². The summed E-state index contributed by atoms with van der Waals surface area (Å²) in [7, 11) is 1.25. The standard InChI is InChI=1S/C18H20N4O4.C16H18N4O2/c1-12-7-13(5-6-15(12)19-3)8-16(23)18(2,25)11-22-10-14(9-20-22)21-17(24)26-4;1-11-6-12(4-5-14(11)18-3)7-15(21)16(2,22)10-20-9-13(17)8-19-20/h5-7,9-10,25H,8,11H2,1-2,4H3,(H,21,24);4-6,8-9,22H,7,10,17H2,1-2H3/t18-;16-/m00/s1. The number of nitrogens with two attached hydrogens (primary N) is 1. The van der Waals surface area contributed by atoms with Gasteiger partial charge in [0.15, 0.2) is 22.9 Å². The van der Waals surface area contributed by atoms with E-state index < -0.39 is 17.3 Å². The van der Waals surface area contributed by atoms with Crippen LogP contribution in [-0.4, -0.2) is 65.7 Å². The number of hydrogen-bond acceptors (Lipinski definition) is 9. The van der Waals surface area contributed by atoms with E-state index in [-0.39, 0.29) is 37.5 Å². The number of aromatic nitrogens is 4. The molecule has 14 nitrogen and oxygen atoms in total. The predicted octanol–water partition coefficient (Wildman–Crippen LogP) is 4.37. The quantitative estimate of drug-likeness (QED) is 0.171. The van der Waals surface area contributed by atoms with Crippen LogP contribution in [0.2, 0.25) is 0 Å². The minimum Gasteiger partial charge on any atom is -0.453 e. The fourth-order valence-corrected chi connectivity index (χ4v) is 4.61. The first-order chi connectivity index (χ1) is 22.6. The molecule has 0 aliphatic carbocycles. The largest absolute Gasteiger partial charge is 0.453 e. The van der Waals surface area contributed by atoms with Crippen molar-refractivity contribution in [1.29, 1.82) is 0 Å². The molecule has 0 saturated heterocycles. The van der Waals surface area contributed by atoms with Crippen LogP contribution in [0.15, 0.2) is 61.2 Å². The third-order valence-electron chi connectivity index (χ3n) is 7.35. The van der Waals surface area contributed by atoms with E-state index in [0.717, 1.165) is 22.3 Å². The molecular formula is C34H38N8O6. The summed E-state index contributed by atoms with van der Waals surface area (Å²) in [5.74, 6) is -0.679. The molecule has 48 heavy (non-hydrogen) atoms. The molecule has 2 heterocycles. The SMILES string of the molecule is [C-]#[N+]c1ccc(CC(=O)[C@@](C)(O)Cn2cc(N)cn2)cc1C.[C-]#[N+]c1ccc(CC(=O)[C@@](C)(O)Cn2cc(NC(=O)OC)cn2)cc1C. The zero-order valence-corrected chi connectivity index (χ0v) is 27.4. The number of rotatable bonds is 11. The van der Waals surface area contributed by atoms with Crippen LogP contribution in [0, 0.1) is 27.0 Å². The number of carbonyl (C=O) groups excluding carboxylic acids is 3. The number of hydrogen-bond donors (Lipinski definition) is 4. The van der Waals surface area contributed by atoms with Gasteiger partial charge in [-0.25, -0.2) is 14.5 Å². The van der Waals surface area contributed by atoms with Gasteiger partial charge in [0.25, 0.3) is 0 Å². The van der Waals surface area contributed by atoms with Gasteiger partial charge in [-0.2, -0.15) is 10.2 Å². The molecule has 2 aromatic carbocycles. The number of aryl methyl sites for hydroxylation is 2. The topological polar surface area (TPSA) is 183 Å². The number of ether oxygens (including phenoxy) is 1. The van der Waals surface area contributed by atoms with Gasteiger partial charge in [0, 0.05) is 25.2 Å². The summed E-state index contributed by atoms with van der Waals surface area (Å²) in [6, 6.07) is 10.4. The lowest BCUT2D eigenvalue weighted by Crippen LogP contribution is -2.40. The number of amides is 1. The highest BCUT2D eigenvalue weighted by Crippen LogP contribution is 2.23. The average Bonchev–Trinajstić information content (AvgIpc) is 3.64. The van der Waals surface area contributed by atoms with E-state index in [4.69, 9.17) is 18.9 Å². The van der Waals surface area contributed by atoms with Crippen molar-refractivity contribution in [1.82, 2.24) is 19.6 Å². The van der Waals surface area contributed by atoms with Crippen molar-refractivity contribution in [3.63, 3.8) is 0 Å². The lowest BCUT2D eigenvalue weighted by Gasteiger charge is -2.22. The van der Waals surface area contributed by atoms with Crippen LogP contribution in [0.3, 0.4) is 0 Å². The van der Waals surface area contributed by atoms with Crippen LogP contribution in [-0.2, 0) is 40.3 Å². The van der Waals surface area contributed by atoms with Crippen LogP contribution in [0.1, 0.15) is 36.1 Å². The van der Waals surface area contributed by atoms with Gasteiger partial charge in [0.05, 0.1) is 57.1 Å². The molecular weight excluding hydrogens is 616 g/mol. The van der Waals surface area contributed by atoms with Gasteiger partial charge >= 0.3 is 6.09 Å². The van der Waals surface area contributed by atoms with Gasteiger partial charge in [0.2, 0.25) is 0 Å². The monoisotopic (exact) mass is 654 g/mol. The van der Waals surface area contributed by atoms with Crippen molar-refractivity contribution in [3.05, 3.63) is 106 Å². The molecule has 0 bridgehead atoms. The average molecular weight is 655 g/mol. The second-order valence-corrected chi connectivity index (χ2v) is 11.7. The van der Waals surface area contributed by atoms with E-state index in [0.29, 0.717) is 22.7 Å². The van der Waals surface area contributed by atoms with Crippen LogP contribution in [0.4, 0.5) is 27.5 Å². The minimum absolute atomic E-state index is 0.0423. The molecule has 0 aliphatic rings. The highest BCUT2D eigenvalue weighted by Gasteiger charge is 2.32. The second kappa shape index (κ2) is 15.6. The number of aliphatic hydroxyl groups is 2. The van der Waals surface area contributed by atoms with E-state index in [1.807, 2.05) is 6.92 Å². The summed E-state index contributed by atoms with van der Waals surface area (Å²) in [6.07, 6.45) is 5.43. The Labute approximate surface area is 278 Å². The molecule has 14 heteroatoms. The van der Waals surface area contributed by atoms with Crippen molar-refractivity contribution in [2.24, 2.45) is 0 Å². The molecule has 0 fully saturated rings. The van der Waals surface area contributed by atoms with E-state index in [1.165, 1.54) is 48.9 Å². The van der Waals surface area contributed by atoms with Gasteiger partial charge in [-0.1, -0.05) is 36.4 Å². The van der Waals surface area contributed by atoms with Gasteiger partial charge in [-0.15, -0.1) is 0 Å². The fourth-order valence-electron chi connectivity index (χ4n) is 4.61. The van der Waals surface area contributed by atoms with Crippen LogP contribution >= 0.6 is 0 Å². The normalized spacial score (nSPS) is 13.0. The lowest BCUT2D eigenvalue weighted by atomic mass is 9.94. The Kier molecular flexibility index (Phi) is 11.9. The maximum absolute atomic E-state index is 12.5. The van der Waals surface area contributed by atoms with E-state index in [1.54, 1.807) is 49.5 Å². The van der Waals surface area contributed by atoms with Crippen molar-refractivity contribution >= 4 is 40.4 Å². The minimum atomic E-state index is -1.64. The zero-order chi connectivity index (χ0) is 35.6. The molecule has 0 radical (unpaired) electrons. The molecule has 2 aromatic heterocycles. The van der Waals surface area contributed by atoms with Crippen molar-refractivity contribution < 1.29 is 29.3 Å². The molecule has 4 rings (SSSR count). The molecule has 4 aromatic rings. The number of ketones is 2. The number of benzene rings is 2. The molecule has 0 aliphatic heterocycles. The van der Waals surface area contributed by atoms with Gasteiger partial charge in [-0.05, 0) is 49.9 Å². The van der Waals surface area contributed by atoms with Crippen molar-refractivity contribution in [3.8, 4) is 0 Å². The summed E-state index contributed by atoms with van der Waals surface area (Å²) in [5, 5.41) is 31.3. The predicted molar refractivity (Wildman–Crippen MR) is 178 cm³/mol. The molecule has 0 unspecified atom stereocenters. The Morgan fingerprint density at radius 2 is 1.31 bits per heavy atom. The first-order valence-electron chi connectivity index (χ1n) is 14.7. The summed E-state index contributed by atoms with van der Waals surface area (Å²) >= 11 is 0. The Balaban J connectivity index is 0.000000264. The molecule has 2 atom stereocenters. The Morgan fingerprint density at radius 3 is 1.71 bits per heavy atom. The van der Waals surface area contributed by atoms with Crippen molar-refractivity contribution in [2.75, 3.05) is 18.2 Å². The highest BCUT2D eigenvalue weighted by atomic mass is 16.5. The third-order valence-corrected chi connectivity index (χ3v) is 7.35. The number of Topliss-reactive ketones (excluding diaryl/α,β-unsaturated/α-hetero) is 2. The Hall–Kier alpha value is -5.83. The number of nitrogens with one attached hydrogen (secondary N) is 1. The number of anilines is 2. The molecule has 5 N–H and O–H groups in total. The summed E-state index contributed by atoms with van der Waals surface area (Å²) in [6.45, 7) is 20.6. The van der Waals surface area contributed by atoms with Crippen LogP contribution < -0.4 is 11.1 Å². The number of nitrogen functional groups attached to an aromatic ring is 1. The van der Waals surface area contributed by atoms with E-state index >= 15 is 0 Å². The maximum atomic E-state index is 12.5. The maximum Gasteiger partial charge on any atom is 0.411 e. The Bertz CT molecular complexity index is 1880. The van der Waals surface area contributed by atoms with E-state index in [9.17, 15) is 24.6 Å². The fraction of sp³-hybridized carbons (Fsp3) is 0.324. The smallest absolute Gasteiger partial charge is 0.411 e. The highest BCUT2D eigenvalue weighted by molar-refractivity contribution is 5.89. The van der Waals surface area contributed by atoms with Gasteiger partial charge < -0.3 is 20.7 Å². The Morgan fingerprint density at radius 1 is 0.854 bits per heavy atom. The lowest BCUT2D eigenvalue weighted by molar-refractivity contribution is -0.136. The first-order valence-corrected chi connectivity index (χ1v) is 14.7. The van der Waals surface area contributed by atoms with Crippen LogP contribution in [0.5, 0.6) is 0 Å². The number of carbonyl (C=O) groups is 3. The summed E-state index contributed by atoms with van der Waals surface area (Å²) in [5.41, 5.74) is 7.48. The van der Waals surface area contributed by atoms with Crippen LogP contribution in [0.25, 0.3) is 9.69 Å². The van der Waals surface area contributed by atoms with Gasteiger partial charge in [-0.3, -0.25) is 24.3 Å². The molecule has 250 valence electrons. The van der Waals surface area contributed by atoms with Gasteiger partial charge in [0.1, 0.15) is 11.2 Å².